The lowest BCUT2D eigenvalue weighted by molar-refractivity contribution is 0.589. The zero-order chi connectivity index (χ0) is 14.3. The molecule has 3 aromatic rings. The molecule has 0 amide bonds. The second-order valence-electron chi connectivity index (χ2n) is 4.25. The van der Waals surface area contributed by atoms with Crippen molar-refractivity contribution in [2.75, 3.05) is 0 Å². The highest BCUT2D eigenvalue weighted by molar-refractivity contribution is 9.10. The van der Waals surface area contributed by atoms with Gasteiger partial charge in [0.05, 0.1) is 10.4 Å². The lowest BCUT2D eigenvalue weighted by Gasteiger charge is -2.07. The van der Waals surface area contributed by atoms with Gasteiger partial charge in [-0.25, -0.2) is 16.8 Å². The van der Waals surface area contributed by atoms with Crippen molar-refractivity contribution in [3.8, 4) is 0 Å². The number of nitrogens with zero attached hydrogens (tertiary/aromatic N) is 1. The fourth-order valence-electron chi connectivity index (χ4n) is 2.04. The van der Waals surface area contributed by atoms with Crippen molar-refractivity contribution >= 4 is 36.9 Å². The van der Waals surface area contributed by atoms with E-state index in [9.17, 15) is 12.8 Å². The summed E-state index contributed by atoms with van der Waals surface area (Å²) < 4.78 is 40.1. The Balaban J connectivity index is 2.31. The Bertz CT molecular complexity index is 888. The summed E-state index contributed by atoms with van der Waals surface area (Å²) in [6.45, 7) is 0. The third-order valence-corrected chi connectivity index (χ3v) is 5.30. The van der Waals surface area contributed by atoms with Crippen molar-refractivity contribution in [3.05, 3.63) is 65.0 Å². The molecule has 0 spiro atoms. The first-order valence-corrected chi connectivity index (χ1v) is 8.00. The number of halogens is 2. The van der Waals surface area contributed by atoms with E-state index >= 15 is 0 Å². The molecule has 6 heteroatoms. The third kappa shape index (κ3) is 2.05. The summed E-state index contributed by atoms with van der Waals surface area (Å²) in [5.41, 5.74) is 0.433. The second kappa shape index (κ2) is 4.71. The van der Waals surface area contributed by atoms with Crippen molar-refractivity contribution < 1.29 is 12.8 Å². The predicted molar refractivity (Wildman–Crippen MR) is 78.6 cm³/mol. The summed E-state index contributed by atoms with van der Waals surface area (Å²) >= 11 is 3.26. The van der Waals surface area contributed by atoms with E-state index in [1.165, 1.54) is 36.5 Å². The predicted octanol–water partition coefficient (Wildman–Crippen LogP) is 3.78. The average Bonchev–Trinajstić information content (AvgIpc) is 2.77. The van der Waals surface area contributed by atoms with Gasteiger partial charge in [0, 0.05) is 16.1 Å². The van der Waals surface area contributed by atoms with Crippen LogP contribution in [0.15, 0.2) is 64.1 Å². The Labute approximate surface area is 123 Å². The van der Waals surface area contributed by atoms with Crippen molar-refractivity contribution in [1.82, 2.24) is 3.97 Å². The van der Waals surface area contributed by atoms with E-state index in [4.69, 9.17) is 0 Å². The highest BCUT2D eigenvalue weighted by atomic mass is 79.9. The Hall–Kier alpha value is -1.66. The Morgan fingerprint density at radius 2 is 1.75 bits per heavy atom. The summed E-state index contributed by atoms with van der Waals surface area (Å²) in [6.07, 6.45) is 1.44. The van der Waals surface area contributed by atoms with Crippen LogP contribution in [-0.4, -0.2) is 12.4 Å². The molecule has 1 aromatic heterocycles. The number of aromatic nitrogens is 1. The summed E-state index contributed by atoms with van der Waals surface area (Å²) in [4.78, 5) is 0.189. The Kier molecular flexibility index (Phi) is 3.14. The molecule has 0 bridgehead atoms. The summed E-state index contributed by atoms with van der Waals surface area (Å²) in [7, 11) is -3.69. The van der Waals surface area contributed by atoms with Crippen molar-refractivity contribution in [2.24, 2.45) is 0 Å². The normalized spacial score (nSPS) is 11.9. The molecule has 0 saturated carbocycles. The molecule has 3 nitrogen and oxygen atoms in total. The highest BCUT2D eigenvalue weighted by Gasteiger charge is 2.20. The third-order valence-electron chi connectivity index (χ3n) is 2.98. The first-order chi connectivity index (χ1) is 9.50. The highest BCUT2D eigenvalue weighted by Crippen LogP contribution is 2.29. The van der Waals surface area contributed by atoms with Crippen LogP contribution in [-0.2, 0) is 10.0 Å². The SMILES string of the molecule is O=S(=O)(c1ccccc1)n1cc(Br)c2cc(F)ccc21. The molecule has 0 saturated heterocycles. The van der Waals surface area contributed by atoms with Gasteiger partial charge in [0.1, 0.15) is 5.82 Å². The minimum Gasteiger partial charge on any atom is -0.240 e. The molecule has 0 unspecified atom stereocenters. The van der Waals surface area contributed by atoms with E-state index < -0.39 is 15.8 Å². The summed E-state index contributed by atoms with van der Waals surface area (Å²) in [6, 6.07) is 12.1. The molecule has 0 atom stereocenters. The number of benzene rings is 2. The van der Waals surface area contributed by atoms with Gasteiger partial charge < -0.3 is 0 Å². The maximum absolute atomic E-state index is 13.3. The summed E-state index contributed by atoms with van der Waals surface area (Å²) in [5, 5.41) is 0.518. The van der Waals surface area contributed by atoms with E-state index in [1.54, 1.807) is 18.2 Å². The van der Waals surface area contributed by atoms with Crippen LogP contribution < -0.4 is 0 Å². The van der Waals surface area contributed by atoms with E-state index in [-0.39, 0.29) is 4.90 Å². The monoisotopic (exact) mass is 353 g/mol. The molecule has 0 radical (unpaired) electrons. The first-order valence-electron chi connectivity index (χ1n) is 5.77. The molecular formula is C14H9BrFNO2S. The van der Waals surface area contributed by atoms with Gasteiger partial charge in [-0.05, 0) is 46.3 Å². The van der Waals surface area contributed by atoms with Crippen molar-refractivity contribution in [1.29, 1.82) is 0 Å². The zero-order valence-corrected chi connectivity index (χ0v) is 12.5. The lowest BCUT2D eigenvalue weighted by Crippen LogP contribution is -2.11. The maximum atomic E-state index is 13.3. The van der Waals surface area contributed by atoms with Gasteiger partial charge in [0.25, 0.3) is 10.0 Å². The van der Waals surface area contributed by atoms with Gasteiger partial charge in [-0.15, -0.1) is 0 Å². The number of rotatable bonds is 2. The Morgan fingerprint density at radius 1 is 1.05 bits per heavy atom. The molecule has 3 rings (SSSR count). The molecule has 0 aliphatic rings. The van der Waals surface area contributed by atoms with E-state index in [0.717, 1.165) is 3.97 Å². The van der Waals surface area contributed by atoms with E-state index in [2.05, 4.69) is 15.9 Å². The zero-order valence-electron chi connectivity index (χ0n) is 10.1. The van der Waals surface area contributed by atoms with Crippen LogP contribution in [0.2, 0.25) is 0 Å². The van der Waals surface area contributed by atoms with Gasteiger partial charge in [-0.2, -0.15) is 0 Å². The molecule has 102 valence electrons. The van der Waals surface area contributed by atoms with Crippen molar-refractivity contribution in [3.63, 3.8) is 0 Å². The van der Waals surface area contributed by atoms with Crippen LogP contribution in [0.5, 0.6) is 0 Å². The van der Waals surface area contributed by atoms with Crippen LogP contribution in [0.4, 0.5) is 4.39 Å². The minimum absolute atomic E-state index is 0.189. The molecule has 2 aromatic carbocycles. The van der Waals surface area contributed by atoms with Crippen LogP contribution in [0.1, 0.15) is 0 Å². The number of fused-ring (bicyclic) bond motifs is 1. The fourth-order valence-corrected chi connectivity index (χ4v) is 4.09. The molecule has 0 aliphatic heterocycles. The fraction of sp³-hybridized carbons (Fsp3) is 0. The van der Waals surface area contributed by atoms with Crippen LogP contribution in [0, 0.1) is 5.82 Å². The van der Waals surface area contributed by atoms with Gasteiger partial charge in [0.15, 0.2) is 0 Å². The van der Waals surface area contributed by atoms with Crippen LogP contribution in [0.25, 0.3) is 10.9 Å². The molecule has 0 aliphatic carbocycles. The second-order valence-corrected chi connectivity index (χ2v) is 6.92. The van der Waals surface area contributed by atoms with Crippen LogP contribution >= 0.6 is 15.9 Å². The van der Waals surface area contributed by atoms with Crippen LogP contribution in [0.3, 0.4) is 0 Å². The largest absolute Gasteiger partial charge is 0.268 e. The van der Waals surface area contributed by atoms with Gasteiger partial charge in [0.2, 0.25) is 0 Å². The number of hydrogen-bond acceptors (Lipinski definition) is 2. The first kappa shape index (κ1) is 13.3. The van der Waals surface area contributed by atoms with Gasteiger partial charge >= 0.3 is 0 Å². The molecule has 0 fully saturated rings. The van der Waals surface area contributed by atoms with E-state index in [1.807, 2.05) is 0 Å². The minimum atomic E-state index is -3.69. The maximum Gasteiger partial charge on any atom is 0.268 e. The van der Waals surface area contributed by atoms with E-state index in [0.29, 0.717) is 15.4 Å². The molecule has 0 N–H and O–H groups in total. The lowest BCUT2D eigenvalue weighted by atomic mass is 10.2. The standard InChI is InChI=1S/C14H9BrFNO2S/c15-13-9-17(14-7-6-10(16)8-12(13)14)20(18,19)11-4-2-1-3-5-11/h1-9H. The molecule has 1 heterocycles. The van der Waals surface area contributed by atoms with Gasteiger partial charge in [-0.3, -0.25) is 0 Å². The summed E-state index contributed by atoms with van der Waals surface area (Å²) in [5.74, 6) is -0.409. The molecule has 20 heavy (non-hydrogen) atoms. The topological polar surface area (TPSA) is 39.1 Å². The number of hydrogen-bond donors (Lipinski definition) is 0. The van der Waals surface area contributed by atoms with Gasteiger partial charge in [-0.1, -0.05) is 18.2 Å². The average molecular weight is 354 g/mol. The smallest absolute Gasteiger partial charge is 0.240 e. The quantitative estimate of drug-likeness (QED) is 0.703. The van der Waals surface area contributed by atoms with Crippen molar-refractivity contribution in [2.45, 2.75) is 4.90 Å². The Morgan fingerprint density at radius 3 is 2.45 bits per heavy atom. The molecular weight excluding hydrogens is 345 g/mol.